The molecule has 11 heteroatoms. The van der Waals surface area contributed by atoms with Crippen molar-refractivity contribution in [2.24, 2.45) is 0 Å². The van der Waals surface area contributed by atoms with E-state index in [1.54, 1.807) is 24.2 Å². The van der Waals surface area contributed by atoms with Gasteiger partial charge in [-0.1, -0.05) is 60.3 Å². The summed E-state index contributed by atoms with van der Waals surface area (Å²) in [6.07, 6.45) is 7.45. The Morgan fingerprint density at radius 1 is 1.02 bits per heavy atom. The number of benzene rings is 3. The van der Waals surface area contributed by atoms with Gasteiger partial charge in [-0.15, -0.1) is 0 Å². The van der Waals surface area contributed by atoms with Crippen LogP contribution in [0.4, 0.5) is 4.79 Å². The van der Waals surface area contributed by atoms with Crippen molar-refractivity contribution in [2.75, 3.05) is 26.7 Å². The minimum absolute atomic E-state index is 0.0499. The van der Waals surface area contributed by atoms with Crippen LogP contribution in [0.15, 0.2) is 107 Å². The normalized spacial score (nSPS) is 14.3. The van der Waals surface area contributed by atoms with Crippen LogP contribution >= 0.6 is 11.8 Å². The molecule has 2 aromatic heterocycles. The Bertz CT molecular complexity index is 1940. The third kappa shape index (κ3) is 8.62. The zero-order chi connectivity index (χ0) is 34.0. The first-order valence-corrected chi connectivity index (χ1v) is 17.1. The third-order valence-corrected chi connectivity index (χ3v) is 9.32. The number of pyridine rings is 1. The summed E-state index contributed by atoms with van der Waals surface area (Å²) >= 11 is 1.44. The molecule has 49 heavy (non-hydrogen) atoms. The standard InChI is InChI=1S/C38H38N6O4S/c1-39-37(46)32-14-5-6-15-35(32)49-30-17-18-31-33(19-16-28-12-7-8-21-40-28)42-44(34(31)24-30)38(47)43(25-29-13-9-22-41-29)23-20-36(45)48-26-27-10-3-2-4-11-27/h2-8,10-12,14-19,21,24,29,41H,9,13,20,22-23,25-26H2,1H3,(H,39,46)/b19-16+/t29-/m0/s1. The van der Waals surface area contributed by atoms with Gasteiger partial charge >= 0.3 is 12.0 Å². The minimum atomic E-state index is -0.376. The van der Waals surface area contributed by atoms with Crippen LogP contribution in [0.25, 0.3) is 23.1 Å². The van der Waals surface area contributed by atoms with Crippen LogP contribution in [-0.4, -0.2) is 70.3 Å². The topological polar surface area (TPSA) is 118 Å². The summed E-state index contributed by atoms with van der Waals surface area (Å²) in [7, 11) is 1.61. The molecular formula is C38H38N6O4S. The van der Waals surface area contributed by atoms with Gasteiger partial charge in [0.05, 0.1) is 28.9 Å². The SMILES string of the molecule is CNC(=O)c1ccccc1Sc1ccc2c(/C=C/c3ccccn3)nn(C(=O)N(CCC(=O)OCc3ccccc3)C[C@@H]3CCCN3)c2c1. The number of ether oxygens (including phenoxy) is 1. The van der Waals surface area contributed by atoms with Gasteiger partial charge in [0.2, 0.25) is 0 Å². The van der Waals surface area contributed by atoms with Crippen molar-refractivity contribution in [1.29, 1.82) is 0 Å². The molecule has 1 aliphatic rings. The number of hydrogen-bond donors (Lipinski definition) is 2. The van der Waals surface area contributed by atoms with Crippen molar-refractivity contribution in [2.45, 2.75) is 41.7 Å². The van der Waals surface area contributed by atoms with Crippen molar-refractivity contribution in [1.82, 2.24) is 30.3 Å². The molecule has 0 aliphatic carbocycles. The van der Waals surface area contributed by atoms with Crippen molar-refractivity contribution in [3.8, 4) is 0 Å². The highest BCUT2D eigenvalue weighted by Crippen LogP contribution is 2.34. The molecule has 1 atom stereocenters. The van der Waals surface area contributed by atoms with Crippen LogP contribution in [0, 0.1) is 0 Å². The highest BCUT2D eigenvalue weighted by molar-refractivity contribution is 7.99. The van der Waals surface area contributed by atoms with Gasteiger partial charge in [-0.05, 0) is 79.6 Å². The van der Waals surface area contributed by atoms with Gasteiger partial charge in [-0.2, -0.15) is 9.78 Å². The molecule has 2 amide bonds. The number of amides is 2. The van der Waals surface area contributed by atoms with E-state index in [0.717, 1.165) is 45.8 Å². The quantitative estimate of drug-likeness (QED) is 0.149. The van der Waals surface area contributed by atoms with Crippen molar-refractivity contribution in [3.05, 3.63) is 120 Å². The third-order valence-electron chi connectivity index (χ3n) is 8.25. The lowest BCUT2D eigenvalue weighted by atomic mass is 10.2. The molecule has 0 radical (unpaired) electrons. The summed E-state index contributed by atoms with van der Waals surface area (Å²) in [5.74, 6) is -0.552. The maximum absolute atomic E-state index is 14.4. The van der Waals surface area contributed by atoms with E-state index in [1.807, 2.05) is 97.1 Å². The van der Waals surface area contributed by atoms with Crippen LogP contribution in [0.3, 0.4) is 0 Å². The van der Waals surface area contributed by atoms with Gasteiger partial charge in [-0.3, -0.25) is 14.6 Å². The first-order valence-electron chi connectivity index (χ1n) is 16.3. The molecule has 3 heterocycles. The van der Waals surface area contributed by atoms with E-state index in [2.05, 4.69) is 15.6 Å². The lowest BCUT2D eigenvalue weighted by molar-refractivity contribution is -0.145. The zero-order valence-electron chi connectivity index (χ0n) is 27.2. The van der Waals surface area contributed by atoms with E-state index in [1.165, 1.54) is 16.4 Å². The molecule has 3 aromatic carbocycles. The summed E-state index contributed by atoms with van der Waals surface area (Å²) in [6, 6.07) is 28.2. The first kappa shape index (κ1) is 33.6. The van der Waals surface area contributed by atoms with Crippen LogP contribution < -0.4 is 10.6 Å². The number of hydrogen-bond acceptors (Lipinski definition) is 8. The van der Waals surface area contributed by atoms with E-state index in [9.17, 15) is 14.4 Å². The molecule has 1 aliphatic heterocycles. The van der Waals surface area contributed by atoms with E-state index in [4.69, 9.17) is 9.84 Å². The Kier molecular flexibility index (Phi) is 11.1. The second-order valence-electron chi connectivity index (χ2n) is 11.7. The molecule has 0 saturated carbocycles. The lowest BCUT2D eigenvalue weighted by Crippen LogP contribution is -2.44. The number of rotatable bonds is 12. The highest BCUT2D eigenvalue weighted by atomic mass is 32.2. The maximum Gasteiger partial charge on any atom is 0.345 e. The fourth-order valence-electron chi connectivity index (χ4n) is 5.71. The fraction of sp³-hybridized carbons (Fsp3) is 0.237. The number of esters is 1. The Morgan fingerprint density at radius 3 is 2.61 bits per heavy atom. The molecule has 2 N–H and O–H groups in total. The number of aromatic nitrogens is 3. The van der Waals surface area contributed by atoms with E-state index >= 15 is 0 Å². The Morgan fingerprint density at radius 2 is 1.84 bits per heavy atom. The summed E-state index contributed by atoms with van der Waals surface area (Å²) in [6.45, 7) is 1.67. The van der Waals surface area contributed by atoms with Crippen molar-refractivity contribution >= 4 is 52.7 Å². The molecule has 0 spiro atoms. The Balaban J connectivity index is 1.31. The lowest BCUT2D eigenvalue weighted by Gasteiger charge is -2.25. The Hall–Kier alpha value is -5.26. The van der Waals surface area contributed by atoms with Gasteiger partial charge in [-0.25, -0.2) is 4.79 Å². The van der Waals surface area contributed by atoms with Gasteiger partial charge < -0.3 is 20.3 Å². The van der Waals surface area contributed by atoms with Gasteiger partial charge in [0.1, 0.15) is 6.61 Å². The number of nitrogens with zero attached hydrogens (tertiary/aromatic N) is 4. The number of fused-ring (bicyclic) bond motifs is 1. The van der Waals surface area contributed by atoms with Crippen LogP contribution in [0.5, 0.6) is 0 Å². The second kappa shape index (κ2) is 16.2. The second-order valence-corrected chi connectivity index (χ2v) is 12.8. The van der Waals surface area contributed by atoms with Crippen LogP contribution in [-0.2, 0) is 16.1 Å². The first-order chi connectivity index (χ1) is 24.0. The molecular weight excluding hydrogens is 637 g/mol. The number of carbonyl (C=O) groups is 3. The minimum Gasteiger partial charge on any atom is -0.461 e. The van der Waals surface area contributed by atoms with Gasteiger partial charge in [0.25, 0.3) is 5.91 Å². The average Bonchev–Trinajstić information content (AvgIpc) is 3.80. The van der Waals surface area contributed by atoms with Crippen LogP contribution in [0.1, 0.15) is 46.6 Å². The molecule has 1 fully saturated rings. The molecule has 1 saturated heterocycles. The summed E-state index contributed by atoms with van der Waals surface area (Å²) in [5.41, 5.74) is 3.45. The predicted octanol–water partition coefficient (Wildman–Crippen LogP) is 6.27. The molecule has 0 unspecified atom stereocenters. The van der Waals surface area contributed by atoms with Crippen molar-refractivity contribution < 1.29 is 19.1 Å². The molecule has 6 rings (SSSR count). The Labute approximate surface area is 289 Å². The molecule has 10 nitrogen and oxygen atoms in total. The smallest absolute Gasteiger partial charge is 0.345 e. The number of carbonyl (C=O) groups excluding carboxylic acids is 3. The van der Waals surface area contributed by atoms with Gasteiger partial charge in [0.15, 0.2) is 0 Å². The van der Waals surface area contributed by atoms with Crippen molar-refractivity contribution in [3.63, 3.8) is 0 Å². The highest BCUT2D eigenvalue weighted by Gasteiger charge is 2.26. The fourth-order valence-corrected chi connectivity index (χ4v) is 6.69. The maximum atomic E-state index is 14.4. The summed E-state index contributed by atoms with van der Waals surface area (Å²) in [4.78, 5) is 47.5. The zero-order valence-corrected chi connectivity index (χ0v) is 28.1. The molecule has 250 valence electrons. The van der Waals surface area contributed by atoms with E-state index in [0.29, 0.717) is 23.3 Å². The molecule has 5 aromatic rings. The summed E-state index contributed by atoms with van der Waals surface area (Å²) < 4.78 is 6.95. The van der Waals surface area contributed by atoms with Gasteiger partial charge in [0, 0.05) is 47.6 Å². The predicted molar refractivity (Wildman–Crippen MR) is 191 cm³/mol. The average molecular weight is 675 g/mol. The monoisotopic (exact) mass is 674 g/mol. The largest absolute Gasteiger partial charge is 0.461 e. The molecule has 0 bridgehead atoms. The van der Waals surface area contributed by atoms with E-state index < -0.39 is 0 Å². The van der Waals surface area contributed by atoms with Crippen LogP contribution in [0.2, 0.25) is 0 Å². The summed E-state index contributed by atoms with van der Waals surface area (Å²) in [5, 5.41) is 11.8. The van der Waals surface area contributed by atoms with E-state index in [-0.39, 0.29) is 43.5 Å². The number of nitrogens with one attached hydrogen (secondary N) is 2.